The predicted octanol–water partition coefficient (Wildman–Crippen LogP) is 2.53. The summed E-state index contributed by atoms with van der Waals surface area (Å²) in [5.74, 6) is -1.38. The zero-order valence-corrected chi connectivity index (χ0v) is 10.8. The van der Waals surface area contributed by atoms with E-state index in [2.05, 4.69) is 5.32 Å². The van der Waals surface area contributed by atoms with Crippen LogP contribution in [0.1, 0.15) is 5.56 Å². The van der Waals surface area contributed by atoms with Crippen molar-refractivity contribution in [2.24, 2.45) is 0 Å². The van der Waals surface area contributed by atoms with Gasteiger partial charge in [0.2, 0.25) is 0 Å². The highest BCUT2D eigenvalue weighted by Gasteiger charge is 2.13. The Morgan fingerprint density at radius 1 is 1.39 bits per heavy atom. The lowest BCUT2D eigenvalue weighted by Gasteiger charge is -2.05. The van der Waals surface area contributed by atoms with E-state index in [1.54, 1.807) is 30.3 Å². The van der Waals surface area contributed by atoms with Crippen molar-refractivity contribution in [3.05, 3.63) is 46.2 Å². The van der Waals surface area contributed by atoms with Crippen molar-refractivity contribution in [2.75, 3.05) is 5.88 Å². The molecule has 0 spiro atoms. The molecule has 0 bridgehead atoms. The highest BCUT2D eigenvalue weighted by atomic mass is 35.5. The van der Waals surface area contributed by atoms with E-state index >= 15 is 0 Å². The van der Waals surface area contributed by atoms with E-state index in [4.69, 9.17) is 28.5 Å². The summed E-state index contributed by atoms with van der Waals surface area (Å²) < 4.78 is 0. The van der Waals surface area contributed by atoms with Crippen LogP contribution in [-0.4, -0.2) is 16.9 Å². The second-order valence-electron chi connectivity index (χ2n) is 3.38. The Balaban J connectivity index is 2.67. The molecule has 6 heteroatoms. The van der Waals surface area contributed by atoms with Gasteiger partial charge in [0, 0.05) is 11.6 Å². The van der Waals surface area contributed by atoms with Crippen molar-refractivity contribution < 1.29 is 9.90 Å². The molecule has 0 atom stereocenters. The van der Waals surface area contributed by atoms with E-state index in [1.165, 1.54) is 0 Å². The highest BCUT2D eigenvalue weighted by molar-refractivity contribution is 6.30. The number of hydrogen-bond acceptors (Lipinski definition) is 3. The molecule has 0 unspecified atom stereocenters. The van der Waals surface area contributed by atoms with Gasteiger partial charge in [0.25, 0.3) is 5.91 Å². The van der Waals surface area contributed by atoms with Crippen molar-refractivity contribution >= 4 is 29.1 Å². The molecule has 0 aromatic heterocycles. The van der Waals surface area contributed by atoms with Crippen molar-refractivity contribution in [3.8, 4) is 6.07 Å². The molecule has 0 aliphatic heterocycles. The summed E-state index contributed by atoms with van der Waals surface area (Å²) in [4.78, 5) is 11.6. The minimum Gasteiger partial charge on any atom is -0.509 e. The first kappa shape index (κ1) is 14.4. The Hall–Kier alpha value is -1.70. The number of carbonyl (C=O) groups is 1. The third-order valence-corrected chi connectivity index (χ3v) is 2.63. The van der Waals surface area contributed by atoms with Crippen molar-refractivity contribution in [3.63, 3.8) is 0 Å². The number of halogens is 2. The van der Waals surface area contributed by atoms with Gasteiger partial charge in [-0.2, -0.15) is 5.26 Å². The Morgan fingerprint density at radius 3 is 2.50 bits per heavy atom. The number of aliphatic hydroxyl groups is 1. The maximum atomic E-state index is 11.6. The number of amides is 1. The average molecular weight is 285 g/mol. The number of rotatable bonds is 4. The maximum absolute atomic E-state index is 11.6. The number of nitriles is 1. The smallest absolute Gasteiger partial charge is 0.265 e. The van der Waals surface area contributed by atoms with E-state index in [9.17, 15) is 9.90 Å². The zero-order chi connectivity index (χ0) is 13.5. The van der Waals surface area contributed by atoms with Crippen LogP contribution in [0.4, 0.5) is 0 Å². The lowest BCUT2D eigenvalue weighted by molar-refractivity contribution is -0.117. The largest absolute Gasteiger partial charge is 0.509 e. The predicted molar refractivity (Wildman–Crippen MR) is 69.3 cm³/mol. The Labute approximate surface area is 114 Å². The molecular weight excluding hydrogens is 275 g/mol. The summed E-state index contributed by atoms with van der Waals surface area (Å²) in [6.07, 6.45) is 0. The minimum absolute atomic E-state index is 0.233. The first-order valence-corrected chi connectivity index (χ1v) is 5.90. The van der Waals surface area contributed by atoms with Gasteiger partial charge in [-0.05, 0) is 17.7 Å². The SMILES string of the molecule is N#C/C(C(=O)NCc1ccc(Cl)cc1)=C(/O)CCl. The van der Waals surface area contributed by atoms with Gasteiger partial charge in [-0.15, -0.1) is 11.6 Å². The molecule has 0 saturated carbocycles. The molecule has 0 aliphatic carbocycles. The molecule has 1 aromatic rings. The van der Waals surface area contributed by atoms with Gasteiger partial charge in [-0.1, -0.05) is 23.7 Å². The fourth-order valence-corrected chi connectivity index (χ4v) is 1.45. The Bertz CT molecular complexity index is 504. The number of benzene rings is 1. The van der Waals surface area contributed by atoms with Crippen LogP contribution in [-0.2, 0) is 11.3 Å². The molecule has 1 aromatic carbocycles. The number of hydrogen-bond donors (Lipinski definition) is 2. The number of nitrogens with one attached hydrogen (secondary N) is 1. The van der Waals surface area contributed by atoms with E-state index in [0.717, 1.165) is 5.56 Å². The molecule has 0 saturated heterocycles. The van der Waals surface area contributed by atoms with Gasteiger partial charge in [-0.25, -0.2) is 0 Å². The molecule has 4 nitrogen and oxygen atoms in total. The average Bonchev–Trinajstić information content (AvgIpc) is 2.38. The van der Waals surface area contributed by atoms with Crippen LogP contribution in [0.3, 0.4) is 0 Å². The summed E-state index contributed by atoms with van der Waals surface area (Å²) >= 11 is 11.1. The lowest BCUT2D eigenvalue weighted by atomic mass is 10.2. The molecular formula is C12H10Cl2N2O2. The zero-order valence-electron chi connectivity index (χ0n) is 9.28. The van der Waals surface area contributed by atoms with Gasteiger partial charge < -0.3 is 10.4 Å². The summed E-state index contributed by atoms with van der Waals surface area (Å²) in [6, 6.07) is 8.50. The van der Waals surface area contributed by atoms with Crippen LogP contribution in [0.5, 0.6) is 0 Å². The van der Waals surface area contributed by atoms with Crippen LogP contribution in [0.2, 0.25) is 5.02 Å². The third-order valence-electron chi connectivity index (χ3n) is 2.12. The molecule has 0 fully saturated rings. The molecule has 1 amide bonds. The summed E-state index contributed by atoms with van der Waals surface area (Å²) in [6.45, 7) is 0.233. The van der Waals surface area contributed by atoms with E-state index < -0.39 is 11.7 Å². The maximum Gasteiger partial charge on any atom is 0.265 e. The summed E-state index contributed by atoms with van der Waals surface area (Å²) in [7, 11) is 0. The lowest BCUT2D eigenvalue weighted by Crippen LogP contribution is -2.25. The van der Waals surface area contributed by atoms with Crippen molar-refractivity contribution in [1.29, 1.82) is 5.26 Å². The molecule has 0 aliphatic rings. The summed E-state index contributed by atoms with van der Waals surface area (Å²) in [5.41, 5.74) is 0.453. The second kappa shape index (κ2) is 6.90. The fraction of sp³-hybridized carbons (Fsp3) is 0.167. The number of aliphatic hydroxyl groups excluding tert-OH is 1. The van der Waals surface area contributed by atoms with Gasteiger partial charge in [0.15, 0.2) is 5.57 Å². The highest BCUT2D eigenvalue weighted by Crippen LogP contribution is 2.09. The van der Waals surface area contributed by atoms with Crippen molar-refractivity contribution in [1.82, 2.24) is 5.32 Å². The monoisotopic (exact) mass is 284 g/mol. The molecule has 18 heavy (non-hydrogen) atoms. The topological polar surface area (TPSA) is 73.1 Å². The van der Waals surface area contributed by atoms with Crippen LogP contribution < -0.4 is 5.32 Å². The summed E-state index contributed by atoms with van der Waals surface area (Å²) in [5, 5.41) is 21.1. The Morgan fingerprint density at radius 2 is 2.00 bits per heavy atom. The quantitative estimate of drug-likeness (QED) is 0.386. The molecule has 1 rings (SSSR count). The normalized spacial score (nSPS) is 11.4. The standard InChI is InChI=1S/C12H10Cl2N2O2/c13-5-11(17)10(6-15)12(18)16-7-8-1-3-9(14)4-2-8/h1-4,17H,5,7H2,(H,16,18)/b11-10-. The van der Waals surface area contributed by atoms with Crippen LogP contribution in [0.15, 0.2) is 35.6 Å². The molecule has 2 N–H and O–H groups in total. The first-order valence-electron chi connectivity index (χ1n) is 4.99. The van der Waals surface area contributed by atoms with E-state index in [-0.39, 0.29) is 18.0 Å². The van der Waals surface area contributed by atoms with Gasteiger partial charge in [0.05, 0.1) is 5.88 Å². The van der Waals surface area contributed by atoms with Gasteiger partial charge >= 0.3 is 0 Å². The Kier molecular flexibility index (Phi) is 5.50. The second-order valence-corrected chi connectivity index (χ2v) is 4.08. The van der Waals surface area contributed by atoms with E-state index in [0.29, 0.717) is 5.02 Å². The van der Waals surface area contributed by atoms with Crippen LogP contribution >= 0.6 is 23.2 Å². The van der Waals surface area contributed by atoms with E-state index in [1.807, 2.05) is 0 Å². The number of allylic oxidation sites excluding steroid dienone is 1. The number of carbonyl (C=O) groups excluding carboxylic acids is 1. The number of alkyl halides is 1. The fourth-order valence-electron chi connectivity index (χ4n) is 1.19. The minimum atomic E-state index is -0.661. The van der Waals surface area contributed by atoms with Gasteiger partial charge in [0.1, 0.15) is 11.8 Å². The third kappa shape index (κ3) is 3.95. The van der Waals surface area contributed by atoms with Crippen LogP contribution in [0.25, 0.3) is 0 Å². The first-order chi connectivity index (χ1) is 8.58. The van der Waals surface area contributed by atoms with Crippen LogP contribution in [0, 0.1) is 11.3 Å². The molecule has 0 heterocycles. The molecule has 0 radical (unpaired) electrons. The molecule has 94 valence electrons. The van der Waals surface area contributed by atoms with Gasteiger partial charge in [-0.3, -0.25) is 4.79 Å². The van der Waals surface area contributed by atoms with Crippen molar-refractivity contribution in [2.45, 2.75) is 6.54 Å². The number of nitrogens with zero attached hydrogens (tertiary/aromatic N) is 1.